The number of hydrogen-bond donors (Lipinski definition) is 1. The van der Waals surface area contributed by atoms with Crippen LogP contribution in [0, 0.1) is 11.3 Å². The Morgan fingerprint density at radius 1 is 1.23 bits per heavy atom. The van der Waals surface area contributed by atoms with Crippen LogP contribution >= 0.6 is 0 Å². The van der Waals surface area contributed by atoms with Crippen molar-refractivity contribution in [2.45, 2.75) is 53.5 Å². The number of nitrogens with one attached hydrogen (secondary N) is 1. The molecule has 0 amide bonds. The quantitative estimate of drug-likeness (QED) is 0.516. The van der Waals surface area contributed by atoms with E-state index in [0.29, 0.717) is 17.8 Å². The standard InChI is InChI=1S/C11H24N2/c1-6-11(7-2)13(10(5)12)8-9(3)4/h9,11-12H,6-8H2,1-5H3. The van der Waals surface area contributed by atoms with Gasteiger partial charge in [-0.1, -0.05) is 27.7 Å². The van der Waals surface area contributed by atoms with Crippen molar-refractivity contribution < 1.29 is 0 Å². The van der Waals surface area contributed by atoms with Gasteiger partial charge in [-0.15, -0.1) is 0 Å². The van der Waals surface area contributed by atoms with E-state index in [1.165, 1.54) is 0 Å². The van der Waals surface area contributed by atoms with Gasteiger partial charge in [-0.2, -0.15) is 0 Å². The van der Waals surface area contributed by atoms with Crippen LogP contribution in [0.25, 0.3) is 0 Å². The lowest BCUT2D eigenvalue weighted by Gasteiger charge is -2.32. The first-order valence-corrected chi connectivity index (χ1v) is 5.34. The maximum atomic E-state index is 7.71. The Morgan fingerprint density at radius 2 is 1.69 bits per heavy atom. The van der Waals surface area contributed by atoms with E-state index in [2.05, 4.69) is 32.6 Å². The molecule has 0 heterocycles. The highest BCUT2D eigenvalue weighted by Crippen LogP contribution is 2.11. The highest BCUT2D eigenvalue weighted by Gasteiger charge is 2.16. The van der Waals surface area contributed by atoms with Crippen molar-refractivity contribution >= 4 is 5.84 Å². The molecule has 0 atom stereocenters. The first-order valence-electron chi connectivity index (χ1n) is 5.34. The second-order valence-corrected chi connectivity index (χ2v) is 4.10. The smallest absolute Gasteiger partial charge is 0.0928 e. The zero-order valence-electron chi connectivity index (χ0n) is 9.72. The highest BCUT2D eigenvalue weighted by atomic mass is 15.2. The van der Waals surface area contributed by atoms with Gasteiger partial charge >= 0.3 is 0 Å². The number of hydrogen-bond acceptors (Lipinski definition) is 1. The third-order valence-electron chi connectivity index (χ3n) is 2.38. The SMILES string of the molecule is CCC(CC)N(CC(C)C)C(C)=N. The fourth-order valence-electron chi connectivity index (χ4n) is 1.68. The largest absolute Gasteiger partial charge is 0.358 e. The Kier molecular flexibility index (Phi) is 5.76. The minimum Gasteiger partial charge on any atom is -0.358 e. The molecular weight excluding hydrogens is 160 g/mol. The van der Waals surface area contributed by atoms with E-state index in [0.717, 1.165) is 19.4 Å². The van der Waals surface area contributed by atoms with Crippen LogP contribution in [-0.2, 0) is 0 Å². The molecule has 0 bridgehead atoms. The topological polar surface area (TPSA) is 27.1 Å². The van der Waals surface area contributed by atoms with Crippen molar-refractivity contribution in [1.29, 1.82) is 5.41 Å². The molecule has 0 radical (unpaired) electrons. The van der Waals surface area contributed by atoms with Gasteiger partial charge in [0, 0.05) is 12.6 Å². The van der Waals surface area contributed by atoms with Crippen LogP contribution in [-0.4, -0.2) is 23.3 Å². The predicted molar refractivity (Wildman–Crippen MR) is 59.3 cm³/mol. The molecule has 1 N–H and O–H groups in total. The molecule has 13 heavy (non-hydrogen) atoms. The highest BCUT2D eigenvalue weighted by molar-refractivity contribution is 5.76. The monoisotopic (exact) mass is 184 g/mol. The second kappa shape index (κ2) is 6.01. The van der Waals surface area contributed by atoms with Crippen LogP contribution in [0.5, 0.6) is 0 Å². The molecule has 0 spiro atoms. The van der Waals surface area contributed by atoms with Crippen molar-refractivity contribution in [2.75, 3.05) is 6.54 Å². The van der Waals surface area contributed by atoms with Crippen LogP contribution in [0.2, 0.25) is 0 Å². The maximum absolute atomic E-state index is 7.71. The Morgan fingerprint density at radius 3 is 1.92 bits per heavy atom. The normalized spacial score (nSPS) is 11.0. The van der Waals surface area contributed by atoms with Crippen LogP contribution in [0.15, 0.2) is 0 Å². The molecule has 0 aromatic rings. The van der Waals surface area contributed by atoms with Crippen LogP contribution in [0.1, 0.15) is 47.5 Å². The summed E-state index contributed by atoms with van der Waals surface area (Å²) in [6.45, 7) is 11.7. The molecule has 0 unspecified atom stereocenters. The first-order chi connectivity index (χ1) is 6.02. The van der Waals surface area contributed by atoms with E-state index < -0.39 is 0 Å². The van der Waals surface area contributed by atoms with E-state index >= 15 is 0 Å². The Bertz CT molecular complexity index is 148. The number of amidine groups is 1. The van der Waals surface area contributed by atoms with Crippen molar-refractivity contribution in [3.8, 4) is 0 Å². The fourth-order valence-corrected chi connectivity index (χ4v) is 1.68. The molecule has 0 aromatic carbocycles. The summed E-state index contributed by atoms with van der Waals surface area (Å²) in [5, 5.41) is 7.71. The zero-order chi connectivity index (χ0) is 10.4. The minimum absolute atomic E-state index is 0.555. The van der Waals surface area contributed by atoms with Crippen molar-refractivity contribution in [3.05, 3.63) is 0 Å². The molecule has 0 rings (SSSR count). The predicted octanol–water partition coefficient (Wildman–Crippen LogP) is 3.13. The molecule has 78 valence electrons. The molecule has 0 fully saturated rings. The van der Waals surface area contributed by atoms with E-state index in [1.807, 2.05) is 6.92 Å². The van der Waals surface area contributed by atoms with Gasteiger partial charge in [0.15, 0.2) is 0 Å². The van der Waals surface area contributed by atoms with Gasteiger partial charge in [0.1, 0.15) is 0 Å². The summed E-state index contributed by atoms with van der Waals surface area (Å²) in [5.41, 5.74) is 0. The Labute approximate surface area is 82.8 Å². The number of rotatable bonds is 5. The third-order valence-corrected chi connectivity index (χ3v) is 2.38. The molecule has 0 aromatic heterocycles. The minimum atomic E-state index is 0.555. The van der Waals surface area contributed by atoms with E-state index in [1.54, 1.807) is 0 Å². The molecule has 0 saturated heterocycles. The summed E-state index contributed by atoms with van der Waals surface area (Å²) in [5.74, 6) is 1.35. The summed E-state index contributed by atoms with van der Waals surface area (Å²) < 4.78 is 0. The molecule has 0 aliphatic rings. The first kappa shape index (κ1) is 12.5. The average Bonchev–Trinajstić information content (AvgIpc) is 2.04. The lowest BCUT2D eigenvalue weighted by Crippen LogP contribution is -2.40. The van der Waals surface area contributed by atoms with E-state index in [-0.39, 0.29) is 0 Å². The van der Waals surface area contributed by atoms with Crippen LogP contribution in [0.4, 0.5) is 0 Å². The van der Waals surface area contributed by atoms with E-state index in [9.17, 15) is 0 Å². The average molecular weight is 184 g/mol. The van der Waals surface area contributed by atoms with Gasteiger partial charge in [-0.05, 0) is 25.7 Å². The fraction of sp³-hybridized carbons (Fsp3) is 0.909. The lowest BCUT2D eigenvalue weighted by molar-refractivity contribution is 0.264. The number of nitrogens with zero attached hydrogens (tertiary/aromatic N) is 1. The van der Waals surface area contributed by atoms with Crippen molar-refractivity contribution in [3.63, 3.8) is 0 Å². The molecule has 2 heteroatoms. The molecule has 0 aliphatic carbocycles. The molecule has 2 nitrogen and oxygen atoms in total. The molecule has 0 aliphatic heterocycles. The summed E-state index contributed by atoms with van der Waals surface area (Å²) in [6.07, 6.45) is 2.28. The van der Waals surface area contributed by atoms with Gasteiger partial charge < -0.3 is 4.90 Å². The molecular formula is C11H24N2. The van der Waals surface area contributed by atoms with Crippen molar-refractivity contribution in [2.24, 2.45) is 5.92 Å². The van der Waals surface area contributed by atoms with Gasteiger partial charge in [0.05, 0.1) is 5.84 Å². The summed E-state index contributed by atoms with van der Waals surface area (Å²) >= 11 is 0. The maximum Gasteiger partial charge on any atom is 0.0928 e. The van der Waals surface area contributed by atoms with Gasteiger partial charge in [-0.25, -0.2) is 0 Å². The zero-order valence-corrected chi connectivity index (χ0v) is 9.72. The second-order valence-electron chi connectivity index (χ2n) is 4.10. The third kappa shape index (κ3) is 4.30. The Balaban J connectivity index is 4.30. The summed E-state index contributed by atoms with van der Waals surface area (Å²) in [7, 11) is 0. The van der Waals surface area contributed by atoms with Crippen molar-refractivity contribution in [1.82, 2.24) is 4.90 Å². The van der Waals surface area contributed by atoms with E-state index in [4.69, 9.17) is 5.41 Å². The van der Waals surface area contributed by atoms with Crippen LogP contribution < -0.4 is 0 Å². The van der Waals surface area contributed by atoms with Gasteiger partial charge in [0.25, 0.3) is 0 Å². The lowest BCUT2D eigenvalue weighted by atomic mass is 10.1. The van der Waals surface area contributed by atoms with Gasteiger partial charge in [-0.3, -0.25) is 5.41 Å². The van der Waals surface area contributed by atoms with Gasteiger partial charge in [0.2, 0.25) is 0 Å². The summed E-state index contributed by atoms with van der Waals surface area (Å²) in [6, 6.07) is 0.555. The Hall–Kier alpha value is -0.530. The summed E-state index contributed by atoms with van der Waals surface area (Å²) in [4.78, 5) is 2.23. The van der Waals surface area contributed by atoms with Crippen LogP contribution in [0.3, 0.4) is 0 Å². The molecule has 0 saturated carbocycles.